The van der Waals surface area contributed by atoms with Crippen LogP contribution in [-0.2, 0) is 11.2 Å². The number of hydrogen-bond donors (Lipinski definition) is 0. The first-order chi connectivity index (χ1) is 8.59. The Morgan fingerprint density at radius 3 is 2.39 bits per heavy atom. The molecule has 2 nitrogen and oxygen atoms in total. The first-order valence-corrected chi connectivity index (χ1v) is 5.65. The molecule has 0 unspecified atom stereocenters. The van der Waals surface area contributed by atoms with Gasteiger partial charge in [-0.2, -0.15) is 8.78 Å². The van der Waals surface area contributed by atoms with Gasteiger partial charge < -0.3 is 9.64 Å². The fourth-order valence-corrected chi connectivity index (χ4v) is 1.38. The summed E-state index contributed by atoms with van der Waals surface area (Å²) in [5.74, 6) is 0.580. The van der Waals surface area contributed by atoms with Gasteiger partial charge in [0.1, 0.15) is 6.61 Å². The average Bonchev–Trinajstić information content (AvgIpc) is 2.34. The van der Waals surface area contributed by atoms with Gasteiger partial charge in [-0.1, -0.05) is 30.3 Å². The van der Waals surface area contributed by atoms with E-state index in [-0.39, 0.29) is 6.61 Å². The second-order valence-electron chi connectivity index (χ2n) is 3.93. The Hall–Kier alpha value is -1.84. The van der Waals surface area contributed by atoms with Crippen LogP contribution in [0.15, 0.2) is 54.4 Å². The molecule has 0 atom stereocenters. The third kappa shape index (κ3) is 5.48. The van der Waals surface area contributed by atoms with Crippen LogP contribution in [0.1, 0.15) is 5.56 Å². The molecule has 4 heteroatoms. The highest BCUT2D eigenvalue weighted by Crippen LogP contribution is 2.07. The van der Waals surface area contributed by atoms with Gasteiger partial charge in [0.15, 0.2) is 5.88 Å². The molecule has 0 aliphatic carbocycles. The molecule has 1 aromatic rings. The van der Waals surface area contributed by atoms with Crippen molar-refractivity contribution in [2.24, 2.45) is 0 Å². The molecule has 18 heavy (non-hydrogen) atoms. The van der Waals surface area contributed by atoms with Crippen molar-refractivity contribution < 1.29 is 13.5 Å². The Morgan fingerprint density at radius 1 is 1.17 bits per heavy atom. The summed E-state index contributed by atoms with van der Waals surface area (Å²) in [5, 5.41) is 0. The monoisotopic (exact) mass is 253 g/mol. The maximum absolute atomic E-state index is 11.9. The Bertz CT molecular complexity index is 409. The Balaban J connectivity index is 2.59. The Kier molecular flexibility index (Phi) is 5.91. The van der Waals surface area contributed by atoms with Gasteiger partial charge in [-0.05, 0) is 18.1 Å². The molecule has 0 heterocycles. The molecule has 0 radical (unpaired) electrons. The van der Waals surface area contributed by atoms with Gasteiger partial charge in [0.2, 0.25) is 0 Å². The van der Waals surface area contributed by atoms with Crippen molar-refractivity contribution in [3.63, 3.8) is 0 Å². The normalized spacial score (nSPS) is 11.0. The van der Waals surface area contributed by atoms with Crippen LogP contribution in [0.25, 0.3) is 0 Å². The van der Waals surface area contributed by atoms with Crippen molar-refractivity contribution in [1.82, 2.24) is 4.90 Å². The van der Waals surface area contributed by atoms with Gasteiger partial charge in [-0.3, -0.25) is 0 Å². The summed E-state index contributed by atoms with van der Waals surface area (Å²) in [6.45, 7) is -0.124. The lowest BCUT2D eigenvalue weighted by molar-refractivity contribution is 0.161. The van der Waals surface area contributed by atoms with Gasteiger partial charge in [0.25, 0.3) is 6.08 Å². The molecular formula is C14H17F2NO. The number of nitrogens with zero attached hydrogens (tertiary/aromatic N) is 1. The van der Waals surface area contributed by atoms with Crippen LogP contribution in [0.4, 0.5) is 8.78 Å². The molecule has 1 rings (SSSR count). The third-order valence-electron chi connectivity index (χ3n) is 2.26. The molecule has 0 aliphatic heterocycles. The summed E-state index contributed by atoms with van der Waals surface area (Å²) in [6, 6.07) is 9.88. The average molecular weight is 253 g/mol. The van der Waals surface area contributed by atoms with Crippen LogP contribution in [0, 0.1) is 0 Å². The fraction of sp³-hybridized carbons (Fsp3) is 0.286. The van der Waals surface area contributed by atoms with Crippen LogP contribution in [0.2, 0.25) is 0 Å². The minimum absolute atomic E-state index is 0.124. The molecule has 0 saturated heterocycles. The zero-order valence-corrected chi connectivity index (χ0v) is 10.6. The predicted molar refractivity (Wildman–Crippen MR) is 68.2 cm³/mol. The molecule has 0 fully saturated rings. The molecule has 1 aromatic carbocycles. The van der Waals surface area contributed by atoms with E-state index in [4.69, 9.17) is 4.74 Å². The van der Waals surface area contributed by atoms with Crippen LogP contribution in [0.5, 0.6) is 0 Å². The van der Waals surface area contributed by atoms with Crippen molar-refractivity contribution in [2.45, 2.75) is 6.42 Å². The minimum atomic E-state index is -1.73. The second-order valence-corrected chi connectivity index (χ2v) is 3.93. The molecule has 0 amide bonds. The number of hydrogen-bond acceptors (Lipinski definition) is 2. The second kappa shape index (κ2) is 7.48. The van der Waals surface area contributed by atoms with E-state index in [2.05, 4.69) is 0 Å². The molecule has 0 saturated carbocycles. The van der Waals surface area contributed by atoms with E-state index < -0.39 is 6.08 Å². The van der Waals surface area contributed by atoms with Crippen molar-refractivity contribution in [3.8, 4) is 0 Å². The highest BCUT2D eigenvalue weighted by Gasteiger charge is 2.00. The van der Waals surface area contributed by atoms with Crippen molar-refractivity contribution >= 4 is 0 Å². The maximum atomic E-state index is 11.9. The molecule has 0 aliphatic rings. The van der Waals surface area contributed by atoms with E-state index in [0.29, 0.717) is 12.3 Å². The van der Waals surface area contributed by atoms with Crippen molar-refractivity contribution in [3.05, 3.63) is 60.0 Å². The van der Waals surface area contributed by atoms with Crippen molar-refractivity contribution in [2.75, 3.05) is 20.7 Å². The highest BCUT2D eigenvalue weighted by atomic mass is 19.3. The van der Waals surface area contributed by atoms with Crippen LogP contribution < -0.4 is 0 Å². The lowest BCUT2D eigenvalue weighted by Crippen LogP contribution is -2.14. The SMILES string of the molecule is CN(C)/C(=C\Cc1ccccc1)OCC=C(F)F. The Labute approximate surface area is 106 Å². The van der Waals surface area contributed by atoms with E-state index in [1.807, 2.05) is 50.5 Å². The van der Waals surface area contributed by atoms with Gasteiger partial charge in [-0.25, -0.2) is 0 Å². The summed E-state index contributed by atoms with van der Waals surface area (Å²) in [4.78, 5) is 1.76. The van der Waals surface area contributed by atoms with E-state index in [1.54, 1.807) is 4.90 Å². The highest BCUT2D eigenvalue weighted by molar-refractivity contribution is 5.18. The number of halogens is 2. The summed E-state index contributed by atoms with van der Waals surface area (Å²) >= 11 is 0. The molecule has 0 spiro atoms. The largest absolute Gasteiger partial charge is 0.475 e. The van der Waals surface area contributed by atoms with E-state index in [9.17, 15) is 8.78 Å². The number of allylic oxidation sites excluding steroid dienone is 1. The molecular weight excluding hydrogens is 236 g/mol. The fourth-order valence-electron chi connectivity index (χ4n) is 1.38. The standard InChI is InChI=1S/C14H17F2NO/c1-17(2)14(18-11-10-13(15)16)9-8-12-6-4-3-5-7-12/h3-7,9-10H,8,11H2,1-2H3/b14-9+. The number of ether oxygens (including phenoxy) is 1. The summed E-state index contributed by atoms with van der Waals surface area (Å²) in [7, 11) is 3.62. The first-order valence-electron chi connectivity index (χ1n) is 5.65. The maximum Gasteiger partial charge on any atom is 0.269 e. The molecule has 0 bridgehead atoms. The van der Waals surface area contributed by atoms with Crippen LogP contribution >= 0.6 is 0 Å². The Morgan fingerprint density at radius 2 is 1.83 bits per heavy atom. The van der Waals surface area contributed by atoms with Crippen LogP contribution in [0.3, 0.4) is 0 Å². The van der Waals surface area contributed by atoms with Gasteiger partial charge in [0, 0.05) is 20.2 Å². The lowest BCUT2D eigenvalue weighted by Gasteiger charge is -2.17. The smallest absolute Gasteiger partial charge is 0.269 e. The van der Waals surface area contributed by atoms with Gasteiger partial charge in [-0.15, -0.1) is 0 Å². The zero-order chi connectivity index (χ0) is 13.4. The summed E-state index contributed by atoms with van der Waals surface area (Å²) in [5.41, 5.74) is 1.15. The third-order valence-corrected chi connectivity index (χ3v) is 2.26. The van der Waals surface area contributed by atoms with E-state index >= 15 is 0 Å². The quantitative estimate of drug-likeness (QED) is 0.720. The molecule has 0 N–H and O–H groups in total. The lowest BCUT2D eigenvalue weighted by atomic mass is 10.1. The summed E-state index contributed by atoms with van der Waals surface area (Å²) in [6.07, 6.45) is 1.60. The van der Waals surface area contributed by atoms with Gasteiger partial charge in [0.05, 0.1) is 0 Å². The van der Waals surface area contributed by atoms with Crippen molar-refractivity contribution in [1.29, 1.82) is 0 Å². The first kappa shape index (κ1) is 14.2. The van der Waals surface area contributed by atoms with E-state index in [1.165, 1.54) is 0 Å². The molecule has 98 valence electrons. The number of benzene rings is 1. The molecule has 0 aromatic heterocycles. The zero-order valence-electron chi connectivity index (χ0n) is 10.6. The van der Waals surface area contributed by atoms with E-state index in [0.717, 1.165) is 11.6 Å². The van der Waals surface area contributed by atoms with Crippen LogP contribution in [-0.4, -0.2) is 25.6 Å². The predicted octanol–water partition coefficient (Wildman–Crippen LogP) is 3.43. The number of rotatable bonds is 6. The summed E-state index contributed by atoms with van der Waals surface area (Å²) < 4.78 is 29.0. The van der Waals surface area contributed by atoms with Gasteiger partial charge >= 0.3 is 0 Å². The minimum Gasteiger partial charge on any atom is -0.475 e. The topological polar surface area (TPSA) is 12.5 Å².